The number of nitrogens with one attached hydrogen (secondary N) is 2. The van der Waals surface area contributed by atoms with E-state index in [0.29, 0.717) is 24.8 Å². The van der Waals surface area contributed by atoms with Crippen LogP contribution in [0.1, 0.15) is 80.1 Å². The molecule has 5 nitrogen and oxygen atoms in total. The lowest BCUT2D eigenvalue weighted by Crippen LogP contribution is -2.58. The van der Waals surface area contributed by atoms with Crippen LogP contribution in [-0.4, -0.2) is 37.6 Å². The number of ketones is 1. The molecule has 1 aliphatic heterocycles. The zero-order valence-electron chi connectivity index (χ0n) is 17.9. The highest BCUT2D eigenvalue weighted by Crippen LogP contribution is 2.64. The minimum Gasteiger partial charge on any atom is -0.307 e. The predicted molar refractivity (Wildman–Crippen MR) is 109 cm³/mol. The summed E-state index contributed by atoms with van der Waals surface area (Å²) < 4.78 is 28.5. The van der Waals surface area contributed by atoms with Crippen molar-refractivity contribution in [1.29, 1.82) is 0 Å². The van der Waals surface area contributed by atoms with Crippen LogP contribution in [0.25, 0.3) is 0 Å². The Morgan fingerprint density at radius 3 is 2.15 bits per heavy atom. The minimum absolute atomic E-state index is 0.0362. The SMILES string of the molecule is CC1(C)CC(CCNS(=O)(=O)CC23CCC(CC2=O)C3(C)C)CC(C)(C)N1. The van der Waals surface area contributed by atoms with Crippen molar-refractivity contribution < 1.29 is 13.2 Å². The van der Waals surface area contributed by atoms with E-state index in [1.165, 1.54) is 0 Å². The molecule has 2 aliphatic carbocycles. The molecule has 1 heterocycles. The molecule has 0 aromatic carbocycles. The highest BCUT2D eigenvalue weighted by atomic mass is 32.2. The van der Waals surface area contributed by atoms with Crippen LogP contribution in [0, 0.1) is 22.7 Å². The number of hydrogen-bond donors (Lipinski definition) is 2. The van der Waals surface area contributed by atoms with Gasteiger partial charge in [-0.05, 0) is 77.0 Å². The molecule has 0 aromatic heterocycles. The normalized spacial score (nSPS) is 34.9. The minimum atomic E-state index is -3.46. The summed E-state index contributed by atoms with van der Waals surface area (Å²) in [6, 6.07) is 0. The lowest BCUT2D eigenvalue weighted by Gasteiger charge is -2.46. The third kappa shape index (κ3) is 3.99. The molecular formula is C21H38N2O3S. The first-order valence-electron chi connectivity index (χ1n) is 10.5. The van der Waals surface area contributed by atoms with Gasteiger partial charge in [-0.15, -0.1) is 0 Å². The third-order valence-electron chi connectivity index (χ3n) is 7.72. The number of fused-ring (bicyclic) bond motifs is 2. The largest absolute Gasteiger partial charge is 0.307 e. The van der Waals surface area contributed by atoms with Crippen molar-refractivity contribution in [2.75, 3.05) is 12.3 Å². The van der Waals surface area contributed by atoms with Gasteiger partial charge in [0.15, 0.2) is 0 Å². The van der Waals surface area contributed by atoms with Crippen molar-refractivity contribution >= 4 is 15.8 Å². The van der Waals surface area contributed by atoms with Gasteiger partial charge in [0, 0.05) is 29.5 Å². The molecule has 0 amide bonds. The Balaban J connectivity index is 1.59. The Morgan fingerprint density at radius 2 is 1.67 bits per heavy atom. The van der Waals surface area contributed by atoms with Gasteiger partial charge in [0.1, 0.15) is 5.78 Å². The number of carbonyl (C=O) groups is 1. The second kappa shape index (κ2) is 6.53. The summed E-state index contributed by atoms with van der Waals surface area (Å²) in [6.07, 6.45) is 5.21. The summed E-state index contributed by atoms with van der Waals surface area (Å²) in [7, 11) is -3.46. The number of sulfonamides is 1. The summed E-state index contributed by atoms with van der Waals surface area (Å²) in [5.74, 6) is 0.971. The van der Waals surface area contributed by atoms with E-state index < -0.39 is 15.4 Å². The molecule has 2 atom stereocenters. The maximum absolute atomic E-state index is 12.8. The first-order chi connectivity index (χ1) is 12.2. The van der Waals surface area contributed by atoms with E-state index in [1.54, 1.807) is 0 Å². The summed E-state index contributed by atoms with van der Waals surface area (Å²) in [5.41, 5.74) is -0.739. The molecule has 27 heavy (non-hydrogen) atoms. The van der Waals surface area contributed by atoms with Crippen molar-refractivity contribution in [1.82, 2.24) is 10.0 Å². The summed E-state index contributed by atoms with van der Waals surface area (Å²) in [5, 5.41) is 3.67. The van der Waals surface area contributed by atoms with Crippen LogP contribution in [0.3, 0.4) is 0 Å². The van der Waals surface area contributed by atoms with Crippen LogP contribution in [0.15, 0.2) is 0 Å². The molecule has 2 bridgehead atoms. The standard InChI is InChI=1S/C21H38N2O3S/c1-18(2)12-15(13-19(3,4)23-18)8-10-22-27(25,26)14-21-9-7-16(11-17(21)24)20(21,5)6/h15-16,22-23H,7-14H2,1-6H3. The summed E-state index contributed by atoms with van der Waals surface area (Å²) in [4.78, 5) is 12.6. The van der Waals surface area contributed by atoms with Crippen LogP contribution < -0.4 is 10.0 Å². The number of rotatable bonds is 6. The van der Waals surface area contributed by atoms with E-state index in [9.17, 15) is 13.2 Å². The number of carbonyl (C=O) groups excluding carboxylic acids is 1. The molecule has 0 aromatic rings. The van der Waals surface area contributed by atoms with Crippen LogP contribution in [0.2, 0.25) is 0 Å². The van der Waals surface area contributed by atoms with Crippen molar-refractivity contribution in [3.63, 3.8) is 0 Å². The van der Waals surface area contributed by atoms with Crippen LogP contribution >= 0.6 is 0 Å². The molecule has 1 saturated heterocycles. The van der Waals surface area contributed by atoms with Gasteiger partial charge in [0.05, 0.1) is 5.75 Å². The van der Waals surface area contributed by atoms with Crippen LogP contribution in [-0.2, 0) is 14.8 Å². The number of Topliss-reactive ketones (excluding diaryl/α,β-unsaturated/α-hetero) is 1. The van der Waals surface area contributed by atoms with E-state index in [-0.39, 0.29) is 28.0 Å². The fraction of sp³-hybridized carbons (Fsp3) is 0.952. The van der Waals surface area contributed by atoms with Gasteiger partial charge in [-0.2, -0.15) is 0 Å². The molecule has 156 valence electrons. The molecular weight excluding hydrogens is 360 g/mol. The van der Waals surface area contributed by atoms with Gasteiger partial charge >= 0.3 is 0 Å². The van der Waals surface area contributed by atoms with Gasteiger partial charge in [-0.3, -0.25) is 4.79 Å². The summed E-state index contributed by atoms with van der Waals surface area (Å²) >= 11 is 0. The van der Waals surface area contributed by atoms with Crippen molar-refractivity contribution in [2.45, 2.75) is 91.1 Å². The Hall–Kier alpha value is -0.460. The smallest absolute Gasteiger partial charge is 0.212 e. The van der Waals surface area contributed by atoms with E-state index in [1.807, 2.05) is 0 Å². The average Bonchev–Trinajstić information content (AvgIpc) is 2.77. The number of hydrogen-bond acceptors (Lipinski definition) is 4. The Labute approximate surface area is 165 Å². The zero-order valence-corrected chi connectivity index (χ0v) is 18.8. The van der Waals surface area contributed by atoms with Crippen LogP contribution in [0.5, 0.6) is 0 Å². The quantitative estimate of drug-likeness (QED) is 0.720. The molecule has 0 spiro atoms. The van der Waals surface area contributed by atoms with E-state index in [2.05, 4.69) is 51.6 Å². The van der Waals surface area contributed by atoms with Gasteiger partial charge in [0.25, 0.3) is 0 Å². The average molecular weight is 399 g/mol. The predicted octanol–water partition coefficient (Wildman–Crippen LogP) is 3.25. The Kier molecular flexibility index (Phi) is 5.14. The maximum Gasteiger partial charge on any atom is 0.212 e. The topological polar surface area (TPSA) is 75.3 Å². The monoisotopic (exact) mass is 398 g/mol. The molecule has 2 saturated carbocycles. The van der Waals surface area contributed by atoms with Crippen LogP contribution in [0.4, 0.5) is 0 Å². The molecule has 2 unspecified atom stereocenters. The van der Waals surface area contributed by atoms with E-state index in [0.717, 1.165) is 32.1 Å². The van der Waals surface area contributed by atoms with E-state index >= 15 is 0 Å². The van der Waals surface area contributed by atoms with Crippen molar-refractivity contribution in [3.05, 3.63) is 0 Å². The van der Waals surface area contributed by atoms with Gasteiger partial charge in [0.2, 0.25) is 10.0 Å². The van der Waals surface area contributed by atoms with Crippen molar-refractivity contribution in [2.24, 2.45) is 22.7 Å². The zero-order chi connectivity index (χ0) is 20.3. The second-order valence-corrected chi connectivity index (χ2v) is 13.1. The first kappa shape index (κ1) is 21.3. The first-order valence-corrected chi connectivity index (χ1v) is 12.1. The molecule has 2 N–H and O–H groups in total. The van der Waals surface area contributed by atoms with Gasteiger partial charge < -0.3 is 5.32 Å². The Bertz CT molecular complexity index is 695. The third-order valence-corrected chi connectivity index (χ3v) is 9.24. The molecule has 3 rings (SSSR count). The second-order valence-electron chi connectivity index (χ2n) is 11.3. The number of piperidine rings is 1. The van der Waals surface area contributed by atoms with Crippen molar-refractivity contribution in [3.8, 4) is 0 Å². The van der Waals surface area contributed by atoms with E-state index in [4.69, 9.17) is 0 Å². The van der Waals surface area contributed by atoms with Gasteiger partial charge in [-0.1, -0.05) is 13.8 Å². The lowest BCUT2D eigenvalue weighted by molar-refractivity contribution is -0.128. The Morgan fingerprint density at radius 1 is 1.07 bits per heavy atom. The fourth-order valence-electron chi connectivity index (χ4n) is 6.64. The summed E-state index contributed by atoms with van der Waals surface area (Å²) in [6.45, 7) is 13.5. The molecule has 6 heteroatoms. The molecule has 3 aliphatic rings. The fourth-order valence-corrected chi connectivity index (χ4v) is 8.50. The van der Waals surface area contributed by atoms with Gasteiger partial charge in [-0.25, -0.2) is 13.1 Å². The highest BCUT2D eigenvalue weighted by molar-refractivity contribution is 7.89. The highest BCUT2D eigenvalue weighted by Gasteiger charge is 2.65. The maximum atomic E-state index is 12.8. The molecule has 3 fully saturated rings. The lowest BCUT2D eigenvalue weighted by atomic mass is 9.70. The molecule has 0 radical (unpaired) electrons.